The third kappa shape index (κ3) is 1.59. The molecule has 1 atom stereocenters. The molecule has 0 radical (unpaired) electrons. The Morgan fingerprint density at radius 3 is 2.36 bits per heavy atom. The van der Waals surface area contributed by atoms with E-state index in [9.17, 15) is 0 Å². The van der Waals surface area contributed by atoms with Crippen LogP contribution in [0, 0.1) is 17.3 Å². The molecule has 1 heterocycles. The van der Waals surface area contributed by atoms with Crippen molar-refractivity contribution in [1.82, 2.24) is 5.32 Å². The van der Waals surface area contributed by atoms with Crippen molar-refractivity contribution in [3.05, 3.63) is 0 Å². The van der Waals surface area contributed by atoms with Crippen molar-refractivity contribution in [3.63, 3.8) is 0 Å². The topological polar surface area (TPSA) is 12.0 Å². The Balaban J connectivity index is 0.000000750. The molecule has 4 aliphatic rings. The van der Waals surface area contributed by atoms with Crippen molar-refractivity contribution in [2.24, 2.45) is 17.3 Å². The van der Waals surface area contributed by atoms with Crippen LogP contribution in [0.5, 0.6) is 0 Å². The molecule has 0 aromatic rings. The van der Waals surface area contributed by atoms with E-state index in [4.69, 9.17) is 0 Å². The van der Waals surface area contributed by atoms with Gasteiger partial charge in [0.25, 0.3) is 0 Å². The smallest absolute Gasteiger partial charge is 0.00106 e. The zero-order valence-corrected chi connectivity index (χ0v) is 9.74. The van der Waals surface area contributed by atoms with Crippen LogP contribution in [0.2, 0.25) is 0 Å². The maximum absolute atomic E-state index is 3.63. The van der Waals surface area contributed by atoms with E-state index >= 15 is 0 Å². The summed E-state index contributed by atoms with van der Waals surface area (Å²) in [6, 6.07) is 0. The summed E-state index contributed by atoms with van der Waals surface area (Å²) < 4.78 is 0. The van der Waals surface area contributed by atoms with Gasteiger partial charge in [-0.25, -0.2) is 0 Å². The van der Waals surface area contributed by atoms with E-state index in [2.05, 4.69) is 5.32 Å². The molecule has 4 rings (SSSR count). The van der Waals surface area contributed by atoms with E-state index in [0.717, 1.165) is 17.3 Å². The molecule has 0 amide bonds. The molecule has 0 aromatic carbocycles. The molecule has 1 unspecified atom stereocenters. The van der Waals surface area contributed by atoms with Gasteiger partial charge in [0.05, 0.1) is 0 Å². The second-order valence-corrected chi connectivity index (χ2v) is 5.56. The van der Waals surface area contributed by atoms with Gasteiger partial charge in [0.15, 0.2) is 0 Å². The van der Waals surface area contributed by atoms with Crippen LogP contribution in [0.4, 0.5) is 0 Å². The molecule has 82 valence electrons. The summed E-state index contributed by atoms with van der Waals surface area (Å²) in [7, 11) is 0. The van der Waals surface area contributed by atoms with E-state index in [0.29, 0.717) is 0 Å². The van der Waals surface area contributed by atoms with Crippen molar-refractivity contribution in [2.75, 3.05) is 13.1 Å². The highest BCUT2D eigenvalue weighted by atomic mass is 35.5. The Morgan fingerprint density at radius 1 is 1.07 bits per heavy atom. The highest BCUT2D eigenvalue weighted by Crippen LogP contribution is 2.55. The van der Waals surface area contributed by atoms with Gasteiger partial charge in [0.1, 0.15) is 0 Å². The van der Waals surface area contributed by atoms with Crippen LogP contribution in [0.15, 0.2) is 0 Å². The normalized spacial score (nSPS) is 46.3. The number of hydrogen-bond donors (Lipinski definition) is 1. The Bertz CT molecular complexity index is 190. The molecule has 1 spiro atoms. The second kappa shape index (κ2) is 4.02. The molecule has 1 N–H and O–H groups in total. The Morgan fingerprint density at radius 2 is 1.86 bits per heavy atom. The fourth-order valence-corrected chi connectivity index (χ4v) is 4.23. The molecular weight excluding hydrogens is 194 g/mol. The molecule has 0 aromatic heterocycles. The van der Waals surface area contributed by atoms with Crippen LogP contribution in [-0.2, 0) is 0 Å². The average molecular weight is 216 g/mol. The van der Waals surface area contributed by atoms with Gasteiger partial charge in [0, 0.05) is 6.54 Å². The van der Waals surface area contributed by atoms with Crippen LogP contribution >= 0.6 is 12.4 Å². The lowest BCUT2D eigenvalue weighted by Crippen LogP contribution is -2.50. The molecule has 14 heavy (non-hydrogen) atoms. The van der Waals surface area contributed by atoms with Crippen molar-refractivity contribution in [2.45, 2.75) is 44.9 Å². The largest absolute Gasteiger partial charge is 0.316 e. The minimum atomic E-state index is 0. The van der Waals surface area contributed by atoms with Gasteiger partial charge >= 0.3 is 0 Å². The lowest BCUT2D eigenvalue weighted by atomic mass is 9.54. The minimum Gasteiger partial charge on any atom is -0.316 e. The van der Waals surface area contributed by atoms with E-state index in [1.807, 2.05) is 0 Å². The Hall–Kier alpha value is 0.250. The van der Waals surface area contributed by atoms with E-state index in [1.165, 1.54) is 25.9 Å². The lowest BCUT2D eigenvalue weighted by Gasteiger charge is -2.54. The zero-order chi connectivity index (χ0) is 8.73. The third-order valence-corrected chi connectivity index (χ3v) is 4.91. The first-order valence-electron chi connectivity index (χ1n) is 6.10. The first kappa shape index (κ1) is 10.8. The zero-order valence-electron chi connectivity index (χ0n) is 8.93. The van der Waals surface area contributed by atoms with Gasteiger partial charge in [-0.05, 0) is 55.9 Å². The second-order valence-electron chi connectivity index (χ2n) is 5.56. The van der Waals surface area contributed by atoms with Crippen LogP contribution in [0.1, 0.15) is 44.9 Å². The van der Waals surface area contributed by atoms with Gasteiger partial charge in [0.2, 0.25) is 0 Å². The summed E-state index contributed by atoms with van der Waals surface area (Å²) in [5.41, 5.74) is 0.763. The highest BCUT2D eigenvalue weighted by molar-refractivity contribution is 5.85. The van der Waals surface area contributed by atoms with Crippen molar-refractivity contribution >= 4 is 12.4 Å². The maximum Gasteiger partial charge on any atom is 0.00106 e. The highest BCUT2D eigenvalue weighted by Gasteiger charge is 2.47. The number of halogens is 1. The number of hydrogen-bond acceptors (Lipinski definition) is 1. The summed E-state index contributed by atoms with van der Waals surface area (Å²) in [6.45, 7) is 2.62. The fraction of sp³-hybridized carbons (Fsp3) is 1.00. The first-order valence-corrected chi connectivity index (χ1v) is 6.10. The molecular formula is C12H22ClN. The molecule has 3 saturated carbocycles. The van der Waals surface area contributed by atoms with Crippen molar-refractivity contribution < 1.29 is 0 Å². The summed E-state index contributed by atoms with van der Waals surface area (Å²) in [5, 5.41) is 3.63. The van der Waals surface area contributed by atoms with Gasteiger partial charge in [-0.1, -0.05) is 12.8 Å². The Labute approximate surface area is 93.4 Å². The average Bonchev–Trinajstić information content (AvgIpc) is 2.20. The number of rotatable bonds is 0. The number of nitrogens with one attached hydrogen (secondary N) is 1. The quantitative estimate of drug-likeness (QED) is 0.655. The molecule has 2 bridgehead atoms. The van der Waals surface area contributed by atoms with Crippen LogP contribution in [-0.4, -0.2) is 13.1 Å². The predicted octanol–water partition coefficient (Wildman–Crippen LogP) is 2.99. The van der Waals surface area contributed by atoms with Gasteiger partial charge < -0.3 is 5.32 Å². The van der Waals surface area contributed by atoms with Crippen molar-refractivity contribution in [3.8, 4) is 0 Å². The molecule has 3 aliphatic carbocycles. The fourth-order valence-electron chi connectivity index (χ4n) is 4.23. The summed E-state index contributed by atoms with van der Waals surface area (Å²) in [6.07, 6.45) is 10.7. The maximum atomic E-state index is 3.63. The van der Waals surface area contributed by atoms with E-state index in [1.54, 1.807) is 32.1 Å². The molecule has 2 heteroatoms. The van der Waals surface area contributed by atoms with Gasteiger partial charge in [-0.15, -0.1) is 12.4 Å². The standard InChI is InChI=1S/C12H21N.ClH/c1-6-12(9-13-7-1)8-10-2-4-11(12)5-3-10;/h10-11,13H,1-9H2;1H. The van der Waals surface area contributed by atoms with Crippen LogP contribution in [0.25, 0.3) is 0 Å². The van der Waals surface area contributed by atoms with Crippen LogP contribution in [0.3, 0.4) is 0 Å². The summed E-state index contributed by atoms with van der Waals surface area (Å²) in [4.78, 5) is 0. The minimum absolute atomic E-state index is 0. The first-order chi connectivity index (χ1) is 6.39. The summed E-state index contributed by atoms with van der Waals surface area (Å²) in [5.74, 6) is 2.19. The molecule has 1 saturated heterocycles. The predicted molar refractivity (Wildman–Crippen MR) is 61.8 cm³/mol. The van der Waals surface area contributed by atoms with Crippen LogP contribution < -0.4 is 5.32 Å². The van der Waals surface area contributed by atoms with Crippen molar-refractivity contribution in [1.29, 1.82) is 0 Å². The SMILES string of the molecule is C1CNCC2(C1)CC1CCC2CC1.Cl. The monoisotopic (exact) mass is 215 g/mol. The third-order valence-electron chi connectivity index (χ3n) is 4.91. The molecule has 1 aliphatic heterocycles. The molecule has 4 fully saturated rings. The number of piperidine rings is 1. The van der Waals surface area contributed by atoms with Gasteiger partial charge in [-0.3, -0.25) is 0 Å². The summed E-state index contributed by atoms with van der Waals surface area (Å²) >= 11 is 0. The van der Waals surface area contributed by atoms with E-state index in [-0.39, 0.29) is 12.4 Å². The van der Waals surface area contributed by atoms with E-state index < -0.39 is 0 Å². The molecule has 1 nitrogen and oxygen atoms in total. The Kier molecular flexibility index (Phi) is 3.09. The number of fused-ring (bicyclic) bond motifs is 2. The van der Waals surface area contributed by atoms with Gasteiger partial charge in [-0.2, -0.15) is 0 Å². The lowest BCUT2D eigenvalue weighted by molar-refractivity contribution is -0.0168.